The van der Waals surface area contributed by atoms with Crippen molar-refractivity contribution in [3.8, 4) is 0 Å². The summed E-state index contributed by atoms with van der Waals surface area (Å²) in [6, 6.07) is 14.1. The highest BCUT2D eigenvalue weighted by Crippen LogP contribution is 2.15. The molecule has 2 rings (SSSR count). The molecule has 0 spiro atoms. The van der Waals surface area contributed by atoms with Gasteiger partial charge in [-0.05, 0) is 29.8 Å². The van der Waals surface area contributed by atoms with Crippen molar-refractivity contribution in [1.82, 2.24) is 0 Å². The lowest BCUT2D eigenvalue weighted by atomic mass is 10.2. The summed E-state index contributed by atoms with van der Waals surface area (Å²) in [7, 11) is -4.08. The van der Waals surface area contributed by atoms with Gasteiger partial charge in [0.25, 0.3) is 0 Å². The Morgan fingerprint density at radius 2 is 1.82 bits per heavy atom. The van der Waals surface area contributed by atoms with Crippen LogP contribution >= 0.6 is 0 Å². The largest absolute Gasteiger partial charge is 0.353 e. The van der Waals surface area contributed by atoms with Gasteiger partial charge in [-0.25, -0.2) is 4.79 Å². The number of benzene rings is 2. The zero-order chi connectivity index (χ0) is 16.0. The lowest BCUT2D eigenvalue weighted by molar-refractivity contribution is -0.105. The van der Waals surface area contributed by atoms with Gasteiger partial charge >= 0.3 is 16.1 Å². The van der Waals surface area contributed by atoms with E-state index in [9.17, 15) is 18.0 Å². The van der Waals surface area contributed by atoms with Gasteiger partial charge in [-0.2, -0.15) is 8.42 Å². The molecule has 2 aromatic carbocycles. The zero-order valence-electron chi connectivity index (χ0n) is 11.4. The molecule has 0 unspecified atom stereocenters. The third kappa shape index (κ3) is 4.42. The molecule has 0 fully saturated rings. The molecule has 0 atom stereocenters. The monoisotopic (exact) mass is 319 g/mol. The fourth-order valence-electron chi connectivity index (χ4n) is 1.79. The lowest BCUT2D eigenvalue weighted by Crippen LogP contribution is -2.15. The normalized spacial score (nSPS) is 10.7. The average molecular weight is 319 g/mol. The minimum absolute atomic E-state index is 0.155. The van der Waals surface area contributed by atoms with Crippen LogP contribution in [-0.2, 0) is 24.8 Å². The molecule has 0 aliphatic heterocycles. The van der Waals surface area contributed by atoms with Crippen LogP contribution in [0.15, 0.2) is 54.6 Å². The first-order valence-electron chi connectivity index (χ1n) is 6.31. The molecule has 0 bridgehead atoms. The standard InChI is InChI=1S/C15H13NO5S/c17-11-16-14-8-4-5-12(9-14)10-22(19,20)21-15(18)13-6-2-1-3-7-13/h1-9,11H,10H2,(H,16,17). The maximum absolute atomic E-state index is 11.9. The van der Waals surface area contributed by atoms with Crippen molar-refractivity contribution in [1.29, 1.82) is 0 Å². The summed E-state index contributed by atoms with van der Waals surface area (Å²) >= 11 is 0. The number of carbonyl (C=O) groups excluding carboxylic acids is 2. The van der Waals surface area contributed by atoms with E-state index in [0.29, 0.717) is 17.7 Å². The molecule has 6 nitrogen and oxygen atoms in total. The van der Waals surface area contributed by atoms with Crippen molar-refractivity contribution in [3.05, 3.63) is 65.7 Å². The smallest absolute Gasteiger partial charge is 0.341 e. The molecule has 1 N–H and O–H groups in total. The van der Waals surface area contributed by atoms with Gasteiger partial charge in [-0.3, -0.25) is 4.79 Å². The van der Waals surface area contributed by atoms with Crippen LogP contribution in [0.1, 0.15) is 15.9 Å². The first kappa shape index (κ1) is 15.7. The SMILES string of the molecule is O=CNc1cccc(CS(=O)(=O)OC(=O)c2ccccc2)c1. The second kappa shape index (κ2) is 6.86. The Morgan fingerprint density at radius 3 is 2.50 bits per heavy atom. The van der Waals surface area contributed by atoms with E-state index in [2.05, 4.69) is 9.50 Å². The molecule has 0 heterocycles. The number of hydrogen-bond acceptors (Lipinski definition) is 5. The van der Waals surface area contributed by atoms with Crippen molar-refractivity contribution in [2.75, 3.05) is 5.32 Å². The predicted octanol–water partition coefficient (Wildman–Crippen LogP) is 1.94. The van der Waals surface area contributed by atoms with Crippen molar-refractivity contribution in [3.63, 3.8) is 0 Å². The van der Waals surface area contributed by atoms with Crippen LogP contribution in [0, 0.1) is 0 Å². The summed E-state index contributed by atoms with van der Waals surface area (Å²) < 4.78 is 28.4. The maximum Gasteiger partial charge on any atom is 0.353 e. The highest BCUT2D eigenvalue weighted by molar-refractivity contribution is 7.86. The van der Waals surface area contributed by atoms with E-state index in [-0.39, 0.29) is 5.56 Å². The zero-order valence-corrected chi connectivity index (χ0v) is 12.2. The van der Waals surface area contributed by atoms with Gasteiger partial charge in [-0.1, -0.05) is 30.3 Å². The van der Waals surface area contributed by atoms with Crippen LogP contribution in [0.5, 0.6) is 0 Å². The Morgan fingerprint density at radius 1 is 1.09 bits per heavy atom. The summed E-state index contributed by atoms with van der Waals surface area (Å²) in [5.41, 5.74) is 1.01. The van der Waals surface area contributed by atoms with Gasteiger partial charge < -0.3 is 9.50 Å². The van der Waals surface area contributed by atoms with Gasteiger partial charge in [0.15, 0.2) is 0 Å². The van der Waals surface area contributed by atoms with Crippen LogP contribution in [0.2, 0.25) is 0 Å². The fraction of sp³-hybridized carbons (Fsp3) is 0.0667. The minimum Gasteiger partial charge on any atom is -0.341 e. The van der Waals surface area contributed by atoms with Crippen molar-refractivity contribution >= 4 is 28.2 Å². The van der Waals surface area contributed by atoms with Gasteiger partial charge in [0.1, 0.15) is 5.75 Å². The van der Waals surface area contributed by atoms with Crippen molar-refractivity contribution in [2.24, 2.45) is 0 Å². The Bertz CT molecular complexity index is 772. The fourth-order valence-corrected chi connectivity index (χ4v) is 2.76. The molecule has 0 saturated heterocycles. The van der Waals surface area contributed by atoms with Crippen molar-refractivity contribution < 1.29 is 22.2 Å². The van der Waals surface area contributed by atoms with Crippen molar-refractivity contribution in [2.45, 2.75) is 5.75 Å². The average Bonchev–Trinajstić information content (AvgIpc) is 2.48. The summed E-state index contributed by atoms with van der Waals surface area (Å²) in [5, 5.41) is 2.42. The Labute approximate surface area is 127 Å². The first-order valence-corrected chi connectivity index (χ1v) is 7.88. The Kier molecular flexibility index (Phi) is 4.90. The second-order valence-electron chi connectivity index (χ2n) is 4.40. The van der Waals surface area contributed by atoms with E-state index in [4.69, 9.17) is 0 Å². The lowest BCUT2D eigenvalue weighted by Gasteiger charge is -2.07. The van der Waals surface area contributed by atoms with Gasteiger partial charge in [0, 0.05) is 5.69 Å². The highest BCUT2D eigenvalue weighted by atomic mass is 32.2. The molecule has 2 aromatic rings. The van der Waals surface area contributed by atoms with E-state index in [1.54, 1.807) is 36.4 Å². The third-order valence-corrected chi connectivity index (χ3v) is 3.80. The minimum atomic E-state index is -4.08. The molecule has 22 heavy (non-hydrogen) atoms. The van der Waals surface area contributed by atoms with Crippen LogP contribution < -0.4 is 5.32 Å². The number of anilines is 1. The maximum atomic E-state index is 11.9. The van der Waals surface area contributed by atoms with Crippen LogP contribution in [0.4, 0.5) is 5.69 Å². The number of nitrogens with one attached hydrogen (secondary N) is 1. The molecule has 7 heteroatoms. The quantitative estimate of drug-likeness (QED) is 0.649. The molecule has 0 saturated carbocycles. The third-order valence-electron chi connectivity index (χ3n) is 2.71. The highest BCUT2D eigenvalue weighted by Gasteiger charge is 2.19. The first-order chi connectivity index (χ1) is 10.5. The number of rotatable bonds is 6. The predicted molar refractivity (Wildman–Crippen MR) is 80.6 cm³/mol. The molecule has 0 radical (unpaired) electrons. The molecule has 0 aliphatic carbocycles. The number of amides is 1. The molecule has 1 amide bonds. The molecule has 114 valence electrons. The molecule has 0 aromatic heterocycles. The van der Waals surface area contributed by atoms with E-state index in [0.717, 1.165) is 0 Å². The molecular weight excluding hydrogens is 306 g/mol. The van der Waals surface area contributed by atoms with Crippen LogP contribution in [0.3, 0.4) is 0 Å². The van der Waals surface area contributed by atoms with E-state index in [1.165, 1.54) is 18.2 Å². The Hall–Kier alpha value is -2.67. The molecule has 0 aliphatic rings. The number of hydrogen-bond donors (Lipinski definition) is 1. The van der Waals surface area contributed by atoms with E-state index in [1.807, 2.05) is 0 Å². The molecular formula is C15H13NO5S. The number of carbonyl (C=O) groups is 2. The van der Waals surface area contributed by atoms with Gasteiger partial charge in [-0.15, -0.1) is 0 Å². The summed E-state index contributed by atoms with van der Waals surface area (Å²) in [4.78, 5) is 22.1. The van der Waals surface area contributed by atoms with Crippen LogP contribution in [0.25, 0.3) is 0 Å². The van der Waals surface area contributed by atoms with E-state index >= 15 is 0 Å². The summed E-state index contributed by atoms with van der Waals surface area (Å²) in [6.45, 7) is 0. The van der Waals surface area contributed by atoms with Crippen LogP contribution in [-0.4, -0.2) is 20.8 Å². The second-order valence-corrected chi connectivity index (χ2v) is 5.97. The Balaban J connectivity index is 2.09. The topological polar surface area (TPSA) is 89.5 Å². The van der Waals surface area contributed by atoms with Gasteiger partial charge in [0.2, 0.25) is 6.41 Å². The van der Waals surface area contributed by atoms with E-state index < -0.39 is 21.8 Å². The summed E-state index contributed by atoms with van der Waals surface area (Å²) in [6.07, 6.45) is 0.489. The van der Waals surface area contributed by atoms with Gasteiger partial charge in [0.05, 0.1) is 5.56 Å². The summed E-state index contributed by atoms with van der Waals surface area (Å²) in [5.74, 6) is -1.40.